The van der Waals surface area contributed by atoms with E-state index in [1.54, 1.807) is 30.3 Å². The van der Waals surface area contributed by atoms with E-state index in [1.165, 1.54) is 7.11 Å². The molecule has 0 saturated heterocycles. The summed E-state index contributed by atoms with van der Waals surface area (Å²) in [6.45, 7) is 4.98. The van der Waals surface area contributed by atoms with Gasteiger partial charge in [-0.25, -0.2) is 4.79 Å². The Bertz CT molecular complexity index is 1520. The van der Waals surface area contributed by atoms with Crippen molar-refractivity contribution in [2.75, 3.05) is 30.9 Å². The van der Waals surface area contributed by atoms with Crippen LogP contribution in [0.25, 0.3) is 0 Å². The van der Waals surface area contributed by atoms with Gasteiger partial charge in [-0.1, -0.05) is 80.6 Å². The lowest BCUT2D eigenvalue weighted by Gasteiger charge is -2.20. The normalized spacial score (nSPS) is 11.4. The van der Waals surface area contributed by atoms with Crippen molar-refractivity contribution in [3.63, 3.8) is 0 Å². The van der Waals surface area contributed by atoms with Gasteiger partial charge in [0.25, 0.3) is 0 Å². The molecular formula is C36H38N2O5. The predicted octanol–water partition coefficient (Wildman–Crippen LogP) is 6.83. The monoisotopic (exact) mass is 578 g/mol. The molecule has 2 N–H and O–H groups in total. The third-order valence-electron chi connectivity index (χ3n) is 7.01. The molecular weight excluding hydrogens is 540 g/mol. The number of methoxy groups -OCH3 is 1. The third kappa shape index (κ3) is 8.55. The molecule has 1 unspecified atom stereocenters. The Hall–Kier alpha value is -4.91. The average Bonchev–Trinajstić information content (AvgIpc) is 3.04. The van der Waals surface area contributed by atoms with Crippen LogP contribution < -0.4 is 15.4 Å². The molecule has 0 aliphatic rings. The van der Waals surface area contributed by atoms with E-state index in [-0.39, 0.29) is 17.5 Å². The molecule has 0 amide bonds. The van der Waals surface area contributed by atoms with Crippen molar-refractivity contribution in [3.05, 3.63) is 125 Å². The average molecular weight is 579 g/mol. The molecule has 7 nitrogen and oxygen atoms in total. The van der Waals surface area contributed by atoms with Crippen LogP contribution in [0.2, 0.25) is 0 Å². The van der Waals surface area contributed by atoms with Gasteiger partial charge in [-0.3, -0.25) is 9.59 Å². The Morgan fingerprint density at radius 1 is 0.744 bits per heavy atom. The van der Waals surface area contributed by atoms with Gasteiger partial charge in [0.05, 0.1) is 13.7 Å². The van der Waals surface area contributed by atoms with E-state index in [4.69, 9.17) is 9.47 Å². The quantitative estimate of drug-likeness (QED) is 0.0907. The Balaban J connectivity index is 1.32. The highest BCUT2D eigenvalue weighted by Gasteiger charge is 2.22. The SMILES string of the molecule is COC(=O)C(Cc1ccc(OCCCNc2ccccc2C(=O)C(C)C)cc1)Nc1ccccc1C(=O)c1ccccc1. The first kappa shape index (κ1) is 31.0. The van der Waals surface area contributed by atoms with Crippen LogP contribution in [0.15, 0.2) is 103 Å². The molecule has 43 heavy (non-hydrogen) atoms. The van der Waals surface area contributed by atoms with Crippen LogP contribution in [0.1, 0.15) is 52.1 Å². The minimum absolute atomic E-state index is 0.0624. The van der Waals surface area contributed by atoms with Crippen molar-refractivity contribution in [2.45, 2.75) is 32.7 Å². The number of ketones is 2. The van der Waals surface area contributed by atoms with Crippen LogP contribution in [0.4, 0.5) is 11.4 Å². The van der Waals surface area contributed by atoms with E-state index >= 15 is 0 Å². The molecule has 0 bridgehead atoms. The molecule has 0 heterocycles. The molecule has 1 atom stereocenters. The smallest absolute Gasteiger partial charge is 0.328 e. The topological polar surface area (TPSA) is 93.7 Å². The maximum atomic E-state index is 13.2. The van der Waals surface area contributed by atoms with E-state index in [0.29, 0.717) is 42.0 Å². The number of rotatable bonds is 15. The summed E-state index contributed by atoms with van der Waals surface area (Å²) >= 11 is 0. The minimum Gasteiger partial charge on any atom is -0.494 e. The van der Waals surface area contributed by atoms with Gasteiger partial charge in [0.15, 0.2) is 11.6 Å². The first-order valence-electron chi connectivity index (χ1n) is 14.5. The number of carbonyl (C=O) groups is 3. The second-order valence-electron chi connectivity index (χ2n) is 10.5. The Morgan fingerprint density at radius 3 is 2.05 bits per heavy atom. The maximum absolute atomic E-state index is 13.2. The minimum atomic E-state index is -0.696. The van der Waals surface area contributed by atoms with Gasteiger partial charge in [0, 0.05) is 46.9 Å². The number of nitrogens with one attached hydrogen (secondary N) is 2. The van der Waals surface area contributed by atoms with Gasteiger partial charge in [0.2, 0.25) is 0 Å². The van der Waals surface area contributed by atoms with E-state index < -0.39 is 12.0 Å². The number of ether oxygens (including phenoxy) is 2. The van der Waals surface area contributed by atoms with Crippen molar-refractivity contribution in [3.8, 4) is 5.75 Å². The largest absolute Gasteiger partial charge is 0.494 e. The Labute approximate surface area is 253 Å². The fourth-order valence-corrected chi connectivity index (χ4v) is 4.68. The van der Waals surface area contributed by atoms with Gasteiger partial charge >= 0.3 is 5.97 Å². The first-order valence-corrected chi connectivity index (χ1v) is 14.5. The molecule has 222 valence electrons. The van der Waals surface area contributed by atoms with Crippen molar-refractivity contribution in [2.24, 2.45) is 5.92 Å². The van der Waals surface area contributed by atoms with Crippen molar-refractivity contribution in [1.29, 1.82) is 0 Å². The van der Waals surface area contributed by atoms with Crippen LogP contribution >= 0.6 is 0 Å². The molecule has 0 aromatic heterocycles. The number of anilines is 2. The third-order valence-corrected chi connectivity index (χ3v) is 7.01. The predicted molar refractivity (Wildman–Crippen MR) is 170 cm³/mol. The summed E-state index contributed by atoms with van der Waals surface area (Å²) in [5.74, 6) is 0.228. The zero-order valence-corrected chi connectivity index (χ0v) is 24.8. The second-order valence-corrected chi connectivity index (χ2v) is 10.5. The number of carbonyl (C=O) groups excluding carboxylic acids is 3. The van der Waals surface area contributed by atoms with Gasteiger partial charge in [-0.05, 0) is 48.4 Å². The number of Topliss-reactive ketones (excluding diaryl/α,β-unsaturated/α-hetero) is 1. The summed E-state index contributed by atoms with van der Waals surface area (Å²) in [6, 6.07) is 30.7. The van der Waals surface area contributed by atoms with Crippen LogP contribution in [0.5, 0.6) is 5.75 Å². The summed E-state index contributed by atoms with van der Waals surface area (Å²) in [6.07, 6.45) is 1.11. The van der Waals surface area contributed by atoms with Crippen LogP contribution in [-0.2, 0) is 16.0 Å². The Morgan fingerprint density at radius 2 is 1.37 bits per heavy atom. The van der Waals surface area contributed by atoms with Crippen molar-refractivity contribution < 1.29 is 23.9 Å². The maximum Gasteiger partial charge on any atom is 0.328 e. The zero-order valence-electron chi connectivity index (χ0n) is 24.8. The van der Waals surface area contributed by atoms with E-state index in [9.17, 15) is 14.4 Å². The zero-order chi connectivity index (χ0) is 30.6. The molecule has 0 aliphatic heterocycles. The highest BCUT2D eigenvalue weighted by atomic mass is 16.5. The van der Waals surface area contributed by atoms with Gasteiger partial charge in [0.1, 0.15) is 11.8 Å². The molecule has 4 aromatic rings. The first-order chi connectivity index (χ1) is 20.9. The second kappa shape index (κ2) is 15.4. The highest BCUT2D eigenvalue weighted by Crippen LogP contribution is 2.23. The van der Waals surface area contributed by atoms with Gasteiger partial charge in [-0.2, -0.15) is 0 Å². The van der Waals surface area contributed by atoms with E-state index in [0.717, 1.165) is 23.4 Å². The number of hydrogen-bond donors (Lipinski definition) is 2. The summed E-state index contributed by atoms with van der Waals surface area (Å²) in [5, 5.41) is 6.59. The molecule has 0 saturated carbocycles. The fourth-order valence-electron chi connectivity index (χ4n) is 4.68. The number of hydrogen-bond acceptors (Lipinski definition) is 7. The fraction of sp³-hybridized carbons (Fsp3) is 0.250. The molecule has 0 fully saturated rings. The lowest BCUT2D eigenvalue weighted by atomic mass is 9.99. The van der Waals surface area contributed by atoms with Crippen molar-refractivity contribution in [1.82, 2.24) is 0 Å². The van der Waals surface area contributed by atoms with E-state index in [1.807, 2.05) is 86.6 Å². The summed E-state index contributed by atoms with van der Waals surface area (Å²) in [7, 11) is 1.35. The molecule has 4 rings (SSSR count). The molecule has 0 spiro atoms. The standard InChI is InChI=1S/C36H38N2O5/c1-25(2)34(39)29-14-7-9-16-31(29)37-22-11-23-43-28-20-18-26(19-21-28)24-33(36(41)42-3)38-32-17-10-8-15-30(32)35(40)27-12-5-4-6-13-27/h4-10,12-21,25,33,37-38H,11,22-24H2,1-3H3. The van der Waals surface area contributed by atoms with Crippen LogP contribution in [0, 0.1) is 5.92 Å². The van der Waals surface area contributed by atoms with Crippen LogP contribution in [0.3, 0.4) is 0 Å². The lowest BCUT2D eigenvalue weighted by Crippen LogP contribution is -2.33. The van der Waals surface area contributed by atoms with Gasteiger partial charge < -0.3 is 20.1 Å². The van der Waals surface area contributed by atoms with E-state index in [2.05, 4.69) is 10.6 Å². The Kier molecular flexibility index (Phi) is 11.1. The lowest BCUT2D eigenvalue weighted by molar-refractivity contribution is -0.141. The van der Waals surface area contributed by atoms with Crippen LogP contribution in [-0.4, -0.2) is 43.8 Å². The molecule has 4 aromatic carbocycles. The molecule has 0 radical (unpaired) electrons. The van der Waals surface area contributed by atoms with Crippen molar-refractivity contribution >= 4 is 28.9 Å². The molecule has 0 aliphatic carbocycles. The number of para-hydroxylation sites is 2. The molecule has 7 heteroatoms. The summed E-state index contributed by atoms with van der Waals surface area (Å²) in [4.78, 5) is 38.3. The number of esters is 1. The van der Waals surface area contributed by atoms with Gasteiger partial charge in [-0.15, -0.1) is 0 Å². The highest BCUT2D eigenvalue weighted by molar-refractivity contribution is 6.12. The summed E-state index contributed by atoms with van der Waals surface area (Å²) < 4.78 is 11.0. The number of benzene rings is 4. The summed E-state index contributed by atoms with van der Waals surface area (Å²) in [5.41, 5.74) is 4.08.